The minimum atomic E-state index is -0.839. The number of ether oxygens (including phenoxy) is 3. The van der Waals surface area contributed by atoms with Crippen molar-refractivity contribution < 1.29 is 28.6 Å². The number of amides is 3. The number of carbonyl (C=O) groups excluding carboxylic acids is 3. The van der Waals surface area contributed by atoms with Crippen molar-refractivity contribution in [3.8, 4) is 0 Å². The average Bonchev–Trinajstić information content (AvgIpc) is 3.19. The lowest BCUT2D eigenvalue weighted by atomic mass is 9.85. The van der Waals surface area contributed by atoms with Crippen LogP contribution in [0.3, 0.4) is 0 Å². The van der Waals surface area contributed by atoms with Crippen LogP contribution in [0.5, 0.6) is 0 Å². The Bertz CT molecular complexity index is 833. The van der Waals surface area contributed by atoms with Crippen molar-refractivity contribution in [3.63, 3.8) is 0 Å². The Morgan fingerprint density at radius 1 is 0.814 bits per heavy atom. The summed E-state index contributed by atoms with van der Waals surface area (Å²) in [5, 5.41) is 6.04. The molecule has 2 fully saturated rings. The van der Waals surface area contributed by atoms with Crippen LogP contribution >= 0.6 is 0 Å². The third kappa shape index (κ3) is 13.8. The van der Waals surface area contributed by atoms with E-state index >= 15 is 0 Å². The number of nitrogens with zero attached hydrogens (tertiary/aromatic N) is 1. The zero-order valence-corrected chi connectivity index (χ0v) is 28.3. The predicted molar refractivity (Wildman–Crippen MR) is 171 cm³/mol. The second-order valence-electron chi connectivity index (χ2n) is 13.7. The molecule has 2 aliphatic rings. The Balaban J connectivity index is 1.95. The topological polar surface area (TPSA) is 106 Å². The number of nitrogens with one attached hydrogen (secondary N) is 2. The minimum Gasteiger partial charge on any atom is -0.460 e. The Morgan fingerprint density at radius 2 is 1.47 bits per heavy atom. The highest BCUT2D eigenvalue weighted by atomic mass is 16.7. The van der Waals surface area contributed by atoms with Crippen LogP contribution in [0.15, 0.2) is 0 Å². The van der Waals surface area contributed by atoms with Gasteiger partial charge in [0.2, 0.25) is 5.91 Å². The number of carbonyl (C=O) groups is 3. The molecule has 250 valence electrons. The Labute approximate surface area is 261 Å². The summed E-state index contributed by atoms with van der Waals surface area (Å²) < 4.78 is 17.7. The molecule has 1 heterocycles. The fourth-order valence-corrected chi connectivity index (χ4v) is 6.01. The van der Waals surface area contributed by atoms with Crippen molar-refractivity contribution in [1.29, 1.82) is 0 Å². The first-order valence-corrected chi connectivity index (χ1v) is 17.3. The van der Waals surface area contributed by atoms with Crippen LogP contribution in [-0.2, 0) is 23.8 Å². The van der Waals surface area contributed by atoms with Gasteiger partial charge in [0.15, 0.2) is 5.79 Å². The van der Waals surface area contributed by atoms with Crippen molar-refractivity contribution in [3.05, 3.63) is 0 Å². The summed E-state index contributed by atoms with van der Waals surface area (Å²) in [5.74, 6) is -1.43. The van der Waals surface area contributed by atoms with Gasteiger partial charge in [-0.3, -0.25) is 9.59 Å². The molecule has 0 spiro atoms. The van der Waals surface area contributed by atoms with Crippen LogP contribution in [-0.4, -0.2) is 73.1 Å². The lowest BCUT2D eigenvalue weighted by Crippen LogP contribution is -2.56. The Morgan fingerprint density at radius 3 is 2.19 bits per heavy atom. The summed E-state index contributed by atoms with van der Waals surface area (Å²) in [4.78, 5) is 41.4. The molecule has 1 aliphatic heterocycles. The molecule has 2 rings (SSSR count). The standard InChI is InChI=1S/C34H63N3O6/c1-7-9-11-13-14-18-23-36-32(40)37(25-19-12-10-8-2)27-20-16-15-17-21-28(27)42-29(38)22-24-35-31(39)30-33(3,4)26-41-34(5,6)43-30/h27-28,30H,7-26H2,1-6H3,(H,35,39)(H,36,40). The first kappa shape index (κ1) is 37.3. The van der Waals surface area contributed by atoms with Gasteiger partial charge in [-0.1, -0.05) is 91.9 Å². The number of hydrogen-bond donors (Lipinski definition) is 2. The molecule has 9 nitrogen and oxygen atoms in total. The third-order valence-electron chi connectivity index (χ3n) is 8.69. The fraction of sp³-hybridized carbons (Fsp3) is 0.912. The minimum absolute atomic E-state index is 0.0349. The van der Waals surface area contributed by atoms with E-state index in [1.54, 1.807) is 13.8 Å². The molecule has 9 heteroatoms. The van der Waals surface area contributed by atoms with Crippen LogP contribution < -0.4 is 10.6 Å². The Hall–Kier alpha value is -1.87. The zero-order valence-electron chi connectivity index (χ0n) is 28.3. The van der Waals surface area contributed by atoms with E-state index in [-0.39, 0.29) is 43.0 Å². The lowest BCUT2D eigenvalue weighted by Gasteiger charge is -2.44. The van der Waals surface area contributed by atoms with Gasteiger partial charge >= 0.3 is 12.0 Å². The average molecular weight is 610 g/mol. The summed E-state index contributed by atoms with van der Waals surface area (Å²) in [5.41, 5.74) is -0.482. The van der Waals surface area contributed by atoms with Crippen molar-refractivity contribution in [2.24, 2.45) is 5.41 Å². The van der Waals surface area contributed by atoms with Gasteiger partial charge in [-0.15, -0.1) is 0 Å². The maximum Gasteiger partial charge on any atom is 0.317 e. The maximum atomic E-state index is 13.5. The molecule has 3 unspecified atom stereocenters. The van der Waals surface area contributed by atoms with Gasteiger partial charge in [-0.25, -0.2) is 4.79 Å². The molecule has 0 aromatic rings. The van der Waals surface area contributed by atoms with Gasteiger partial charge in [-0.2, -0.15) is 0 Å². The molecule has 1 aliphatic carbocycles. The van der Waals surface area contributed by atoms with E-state index in [0.717, 1.165) is 70.6 Å². The molecule has 0 aromatic carbocycles. The van der Waals surface area contributed by atoms with Gasteiger partial charge in [-0.05, 0) is 46.0 Å². The summed E-state index contributed by atoms with van der Waals surface area (Å²) in [6, 6.07) is -0.168. The third-order valence-corrected chi connectivity index (χ3v) is 8.69. The van der Waals surface area contributed by atoms with Gasteiger partial charge in [0, 0.05) is 25.0 Å². The van der Waals surface area contributed by atoms with Crippen LogP contribution in [0.25, 0.3) is 0 Å². The van der Waals surface area contributed by atoms with E-state index < -0.39 is 17.3 Å². The number of unbranched alkanes of at least 4 members (excludes halogenated alkanes) is 8. The van der Waals surface area contributed by atoms with Gasteiger partial charge in [0.05, 0.1) is 19.1 Å². The summed E-state index contributed by atoms with van der Waals surface area (Å²) in [6.45, 7) is 13.8. The lowest BCUT2D eigenvalue weighted by molar-refractivity contribution is -0.304. The molecule has 0 radical (unpaired) electrons. The zero-order chi connectivity index (χ0) is 31.7. The molecule has 1 saturated heterocycles. The molecule has 1 saturated carbocycles. The van der Waals surface area contributed by atoms with E-state index in [4.69, 9.17) is 14.2 Å². The molecule has 0 aromatic heterocycles. The van der Waals surface area contributed by atoms with Crippen LogP contribution in [0.1, 0.15) is 144 Å². The largest absolute Gasteiger partial charge is 0.460 e. The molecular weight excluding hydrogens is 546 g/mol. The normalized spacial score (nSPS) is 23.2. The highest BCUT2D eigenvalue weighted by Crippen LogP contribution is 2.35. The van der Waals surface area contributed by atoms with Crippen LogP contribution in [0.2, 0.25) is 0 Å². The predicted octanol–water partition coefficient (Wildman–Crippen LogP) is 6.87. The SMILES string of the molecule is CCCCCCCCNC(=O)N(CCCCCC)C1CCCCCC1OC(=O)CCNC(=O)C1OC(C)(C)OCC1(C)C. The number of rotatable bonds is 18. The first-order valence-electron chi connectivity index (χ1n) is 17.3. The smallest absolute Gasteiger partial charge is 0.317 e. The van der Waals surface area contributed by atoms with E-state index in [2.05, 4.69) is 24.5 Å². The molecule has 3 amide bonds. The summed E-state index contributed by atoms with van der Waals surface area (Å²) in [6.07, 6.45) is 15.1. The van der Waals surface area contributed by atoms with Crippen molar-refractivity contribution in [2.45, 2.75) is 168 Å². The highest BCUT2D eigenvalue weighted by Gasteiger charge is 2.45. The van der Waals surface area contributed by atoms with E-state index in [0.29, 0.717) is 19.7 Å². The molecule has 43 heavy (non-hydrogen) atoms. The fourth-order valence-electron chi connectivity index (χ4n) is 6.01. The van der Waals surface area contributed by atoms with Gasteiger partial charge in [0.25, 0.3) is 0 Å². The molecule has 2 N–H and O–H groups in total. The van der Waals surface area contributed by atoms with Gasteiger partial charge < -0.3 is 29.7 Å². The summed E-state index contributed by atoms with van der Waals surface area (Å²) in [7, 11) is 0. The second-order valence-corrected chi connectivity index (χ2v) is 13.7. The monoisotopic (exact) mass is 609 g/mol. The van der Waals surface area contributed by atoms with Crippen molar-refractivity contribution >= 4 is 17.9 Å². The first-order chi connectivity index (χ1) is 20.5. The van der Waals surface area contributed by atoms with E-state index in [9.17, 15) is 14.4 Å². The Kier molecular flexibility index (Phi) is 16.9. The number of hydrogen-bond acceptors (Lipinski definition) is 6. The number of urea groups is 1. The number of esters is 1. The van der Waals surface area contributed by atoms with E-state index in [1.165, 1.54) is 25.7 Å². The molecule has 0 bridgehead atoms. The molecule has 3 atom stereocenters. The maximum absolute atomic E-state index is 13.5. The van der Waals surface area contributed by atoms with Crippen molar-refractivity contribution in [1.82, 2.24) is 15.5 Å². The van der Waals surface area contributed by atoms with E-state index in [1.807, 2.05) is 18.7 Å². The van der Waals surface area contributed by atoms with Gasteiger partial charge in [0.1, 0.15) is 12.2 Å². The summed E-state index contributed by atoms with van der Waals surface area (Å²) >= 11 is 0. The second kappa shape index (κ2) is 19.5. The van der Waals surface area contributed by atoms with Crippen molar-refractivity contribution in [2.75, 3.05) is 26.2 Å². The molecular formula is C34H63N3O6. The quantitative estimate of drug-likeness (QED) is 0.0998. The highest BCUT2D eigenvalue weighted by molar-refractivity contribution is 5.82. The van der Waals surface area contributed by atoms with Crippen LogP contribution in [0, 0.1) is 5.41 Å². The van der Waals surface area contributed by atoms with Crippen LogP contribution in [0.4, 0.5) is 4.79 Å².